The van der Waals surface area contributed by atoms with Crippen molar-refractivity contribution in [1.82, 2.24) is 0 Å². The van der Waals surface area contributed by atoms with Crippen molar-refractivity contribution in [3.8, 4) is 0 Å². The molecule has 0 bridgehead atoms. The number of carbonyl (C=O) groups excluding carboxylic acids is 1. The van der Waals surface area contributed by atoms with E-state index in [-0.39, 0.29) is 0 Å². The Balaban J connectivity index is 2.68. The summed E-state index contributed by atoms with van der Waals surface area (Å²) in [5.41, 5.74) is 0. The Morgan fingerprint density at radius 3 is 3.00 bits per heavy atom. The monoisotopic (exact) mass is 101 g/mol. The highest BCUT2D eigenvalue weighted by Gasteiger charge is 1.77. The minimum atomic E-state index is 0.340. The van der Waals surface area contributed by atoms with Crippen LogP contribution in [-0.4, -0.2) is 19.6 Å². The number of aldehydes is 1. The molecule has 7 heavy (non-hydrogen) atoms. The van der Waals surface area contributed by atoms with Gasteiger partial charge in [0.1, 0.15) is 12.9 Å². The Labute approximate surface area is 42.0 Å². The Kier molecular flexibility index (Phi) is 4.51. The van der Waals surface area contributed by atoms with Crippen LogP contribution in [0.1, 0.15) is 6.42 Å². The molecule has 0 amide bonds. The van der Waals surface area contributed by atoms with Gasteiger partial charge in [-0.05, 0) is 0 Å². The van der Waals surface area contributed by atoms with Gasteiger partial charge < -0.3 is 9.63 Å². The molecule has 0 saturated heterocycles. The maximum absolute atomic E-state index is 9.54. The number of carbonyl (C=O) groups is 1. The van der Waals surface area contributed by atoms with E-state index in [2.05, 4.69) is 16.7 Å². The fraction of sp³-hybridized carbons (Fsp3) is 0.500. The zero-order chi connectivity index (χ0) is 5.54. The van der Waals surface area contributed by atoms with Gasteiger partial charge in [-0.25, -0.2) is 0 Å². The lowest BCUT2D eigenvalue weighted by Crippen LogP contribution is -1.85. The van der Waals surface area contributed by atoms with Crippen LogP contribution in [0.25, 0.3) is 0 Å². The molecule has 0 aromatic heterocycles. The molecule has 0 rings (SSSR count). The van der Waals surface area contributed by atoms with Crippen LogP contribution >= 0.6 is 0 Å². The molecule has 0 fully saturated rings. The predicted molar refractivity (Wildman–Crippen MR) is 26.2 cm³/mol. The largest absolute Gasteiger partial charge is 0.396 e. The van der Waals surface area contributed by atoms with Gasteiger partial charge >= 0.3 is 0 Å². The van der Waals surface area contributed by atoms with Gasteiger partial charge in [-0.3, -0.25) is 0 Å². The Bertz CT molecular complexity index is 54.7. The minimum Gasteiger partial charge on any atom is -0.396 e. The molecule has 0 aliphatic carbocycles. The molecular weight excluding hydrogens is 94.0 g/mol. The molecular formula is C4H7NO2. The molecule has 0 aromatic rings. The maximum Gasteiger partial charge on any atom is 0.123 e. The van der Waals surface area contributed by atoms with E-state index in [0.29, 0.717) is 13.0 Å². The average Bonchev–Trinajstić information content (AvgIpc) is 1.69. The lowest BCUT2D eigenvalue weighted by molar-refractivity contribution is -0.108. The topological polar surface area (TPSA) is 38.7 Å². The van der Waals surface area contributed by atoms with Crippen LogP contribution < -0.4 is 0 Å². The van der Waals surface area contributed by atoms with E-state index in [1.54, 1.807) is 0 Å². The van der Waals surface area contributed by atoms with Crippen LogP contribution in [-0.2, 0) is 9.63 Å². The molecule has 0 aromatic carbocycles. The Hall–Kier alpha value is -0.860. The van der Waals surface area contributed by atoms with E-state index in [0.717, 1.165) is 6.29 Å². The summed E-state index contributed by atoms with van der Waals surface area (Å²) in [7, 11) is 0. The molecule has 0 aliphatic heterocycles. The fourth-order valence-corrected chi connectivity index (χ4v) is 0.165. The zero-order valence-corrected chi connectivity index (χ0v) is 3.96. The molecule has 3 nitrogen and oxygen atoms in total. The average molecular weight is 101 g/mol. The molecule has 0 heterocycles. The van der Waals surface area contributed by atoms with E-state index in [1.165, 1.54) is 0 Å². The van der Waals surface area contributed by atoms with Crippen molar-refractivity contribution in [2.24, 2.45) is 5.16 Å². The van der Waals surface area contributed by atoms with E-state index < -0.39 is 0 Å². The van der Waals surface area contributed by atoms with E-state index in [4.69, 9.17) is 0 Å². The van der Waals surface area contributed by atoms with Crippen LogP contribution in [0.5, 0.6) is 0 Å². The summed E-state index contributed by atoms with van der Waals surface area (Å²) in [5.74, 6) is 0. The first-order valence-electron chi connectivity index (χ1n) is 1.93. The molecule has 0 N–H and O–H groups in total. The van der Waals surface area contributed by atoms with Gasteiger partial charge in [-0.2, -0.15) is 0 Å². The maximum atomic E-state index is 9.54. The van der Waals surface area contributed by atoms with Crippen molar-refractivity contribution in [1.29, 1.82) is 0 Å². The SMILES string of the molecule is C=NOCCC=O. The molecule has 0 unspecified atom stereocenters. The van der Waals surface area contributed by atoms with Gasteiger partial charge in [0.15, 0.2) is 0 Å². The van der Waals surface area contributed by atoms with Crippen LogP contribution in [0.3, 0.4) is 0 Å². The summed E-state index contributed by atoms with van der Waals surface area (Å²) in [6.07, 6.45) is 1.16. The second-order valence-corrected chi connectivity index (χ2v) is 0.918. The summed E-state index contributed by atoms with van der Waals surface area (Å²) in [6.45, 7) is 3.38. The summed E-state index contributed by atoms with van der Waals surface area (Å²) in [5, 5.41) is 3.06. The van der Waals surface area contributed by atoms with Gasteiger partial charge in [0.2, 0.25) is 0 Å². The number of hydrogen-bond donors (Lipinski definition) is 0. The molecule has 3 heteroatoms. The minimum absolute atomic E-state index is 0.340. The van der Waals surface area contributed by atoms with Crippen LogP contribution in [0.15, 0.2) is 5.16 Å². The summed E-state index contributed by atoms with van der Waals surface area (Å²) < 4.78 is 0. The van der Waals surface area contributed by atoms with Crippen molar-refractivity contribution < 1.29 is 9.63 Å². The highest BCUT2D eigenvalue weighted by Crippen LogP contribution is 1.74. The third-order valence-corrected chi connectivity index (χ3v) is 0.418. The van der Waals surface area contributed by atoms with Crippen LogP contribution in [0.2, 0.25) is 0 Å². The van der Waals surface area contributed by atoms with E-state index in [1.807, 2.05) is 0 Å². The zero-order valence-electron chi connectivity index (χ0n) is 3.96. The standard InChI is InChI=1S/C4H7NO2/c1-5-7-4-2-3-6/h3H,1-2,4H2. The first-order valence-corrected chi connectivity index (χ1v) is 1.93. The second kappa shape index (κ2) is 5.14. The van der Waals surface area contributed by atoms with Gasteiger partial charge in [0, 0.05) is 13.1 Å². The molecule has 0 aliphatic rings. The van der Waals surface area contributed by atoms with Gasteiger partial charge in [-0.15, -0.1) is 5.16 Å². The second-order valence-electron chi connectivity index (χ2n) is 0.918. The van der Waals surface area contributed by atoms with E-state index >= 15 is 0 Å². The van der Waals surface area contributed by atoms with Crippen molar-refractivity contribution in [2.75, 3.05) is 6.61 Å². The molecule has 0 saturated carbocycles. The number of rotatable bonds is 4. The number of nitrogens with zero attached hydrogens (tertiary/aromatic N) is 1. The number of hydrogen-bond acceptors (Lipinski definition) is 3. The van der Waals surface area contributed by atoms with Crippen molar-refractivity contribution >= 4 is 13.0 Å². The lowest BCUT2D eigenvalue weighted by atomic mass is 10.5. The smallest absolute Gasteiger partial charge is 0.123 e. The first-order chi connectivity index (χ1) is 3.41. The van der Waals surface area contributed by atoms with Gasteiger partial charge in [0.05, 0.1) is 0 Å². The highest BCUT2D eigenvalue weighted by atomic mass is 16.6. The number of oxime groups is 1. The van der Waals surface area contributed by atoms with Crippen molar-refractivity contribution in [3.05, 3.63) is 0 Å². The Morgan fingerprint density at radius 1 is 1.86 bits per heavy atom. The summed E-state index contributed by atoms with van der Waals surface area (Å²) >= 11 is 0. The van der Waals surface area contributed by atoms with Crippen molar-refractivity contribution in [3.63, 3.8) is 0 Å². The molecule has 0 spiro atoms. The quantitative estimate of drug-likeness (QED) is 0.220. The lowest BCUT2D eigenvalue weighted by Gasteiger charge is -1.87. The molecule has 40 valence electrons. The van der Waals surface area contributed by atoms with Crippen LogP contribution in [0.4, 0.5) is 0 Å². The fourth-order valence-electron chi connectivity index (χ4n) is 0.165. The summed E-state index contributed by atoms with van der Waals surface area (Å²) in [4.78, 5) is 13.9. The van der Waals surface area contributed by atoms with Gasteiger partial charge in [0.25, 0.3) is 0 Å². The third kappa shape index (κ3) is 5.14. The predicted octanol–water partition coefficient (Wildman–Crippen LogP) is 0.208. The van der Waals surface area contributed by atoms with Crippen LogP contribution in [0, 0.1) is 0 Å². The first kappa shape index (κ1) is 6.14. The molecule has 0 atom stereocenters. The van der Waals surface area contributed by atoms with Crippen molar-refractivity contribution in [2.45, 2.75) is 6.42 Å². The Morgan fingerprint density at radius 2 is 2.57 bits per heavy atom. The van der Waals surface area contributed by atoms with Gasteiger partial charge in [-0.1, -0.05) is 0 Å². The highest BCUT2D eigenvalue weighted by molar-refractivity contribution is 5.49. The summed E-state index contributed by atoms with van der Waals surface area (Å²) in [6, 6.07) is 0. The third-order valence-electron chi connectivity index (χ3n) is 0.418. The van der Waals surface area contributed by atoms with E-state index in [9.17, 15) is 4.79 Å². The molecule has 0 radical (unpaired) electrons. The normalized spacial score (nSPS) is 7.43.